The third-order valence-electron chi connectivity index (χ3n) is 6.95. The van der Waals surface area contributed by atoms with Gasteiger partial charge in [0.1, 0.15) is 0 Å². The third kappa shape index (κ3) is 11.3. The van der Waals surface area contributed by atoms with Crippen molar-refractivity contribution < 1.29 is 0 Å². The molecule has 0 aromatic carbocycles. The lowest BCUT2D eigenvalue weighted by Gasteiger charge is -2.19. The van der Waals surface area contributed by atoms with E-state index in [1.54, 1.807) is 0 Å². The lowest BCUT2D eigenvalue weighted by molar-refractivity contribution is 0.329. The molecule has 3 unspecified atom stereocenters. The van der Waals surface area contributed by atoms with Crippen LogP contribution in [0, 0.1) is 23.7 Å². The Labute approximate surface area is 160 Å². The Kier molecular flexibility index (Phi) is 13.9. The van der Waals surface area contributed by atoms with Gasteiger partial charge < -0.3 is 5.32 Å². The van der Waals surface area contributed by atoms with Crippen molar-refractivity contribution in [1.29, 1.82) is 0 Å². The molecule has 0 radical (unpaired) electrons. The molecule has 0 saturated heterocycles. The van der Waals surface area contributed by atoms with Gasteiger partial charge in [-0.25, -0.2) is 0 Å². The molecular formula is C24H49N. The molecule has 0 amide bonds. The predicted molar refractivity (Wildman–Crippen MR) is 114 cm³/mol. The molecular weight excluding hydrogens is 302 g/mol. The van der Waals surface area contributed by atoms with E-state index in [9.17, 15) is 0 Å². The summed E-state index contributed by atoms with van der Waals surface area (Å²) in [7, 11) is 0. The van der Waals surface area contributed by atoms with Crippen LogP contribution in [-0.4, -0.2) is 13.1 Å². The van der Waals surface area contributed by atoms with E-state index >= 15 is 0 Å². The first kappa shape index (κ1) is 23.0. The van der Waals surface area contributed by atoms with Gasteiger partial charge in [0.25, 0.3) is 0 Å². The highest BCUT2D eigenvalue weighted by Gasteiger charge is 2.20. The first-order chi connectivity index (χ1) is 12.1. The molecule has 0 aromatic rings. The highest BCUT2D eigenvalue weighted by molar-refractivity contribution is 4.72. The van der Waals surface area contributed by atoms with Crippen LogP contribution in [0.5, 0.6) is 0 Å². The van der Waals surface area contributed by atoms with Gasteiger partial charge in [-0.15, -0.1) is 0 Å². The minimum atomic E-state index is 0.919. The first-order valence-electron chi connectivity index (χ1n) is 11.9. The Hall–Kier alpha value is -0.0400. The standard InChI is InChI=1S/C24H49N/c1-5-14-21(2)22(3)15-8-6-7-12-19-25-20-13-11-16-23(4)24-17-9-10-18-24/h21-25H,5-20H2,1-4H3. The fourth-order valence-corrected chi connectivity index (χ4v) is 4.70. The molecule has 1 nitrogen and oxygen atoms in total. The average molecular weight is 352 g/mol. The fraction of sp³-hybridized carbons (Fsp3) is 1.00. The first-order valence-corrected chi connectivity index (χ1v) is 11.9. The Balaban J connectivity index is 1.80. The summed E-state index contributed by atoms with van der Waals surface area (Å²) in [5, 5.41) is 3.66. The van der Waals surface area contributed by atoms with E-state index < -0.39 is 0 Å². The summed E-state index contributed by atoms with van der Waals surface area (Å²) >= 11 is 0. The summed E-state index contributed by atoms with van der Waals surface area (Å²) < 4.78 is 0. The van der Waals surface area contributed by atoms with Gasteiger partial charge in [-0.1, -0.05) is 105 Å². The molecule has 1 aliphatic carbocycles. The van der Waals surface area contributed by atoms with E-state index in [0.717, 1.165) is 23.7 Å². The monoisotopic (exact) mass is 351 g/mol. The van der Waals surface area contributed by atoms with Gasteiger partial charge in [-0.3, -0.25) is 0 Å². The van der Waals surface area contributed by atoms with Gasteiger partial charge in [-0.05, 0) is 49.6 Å². The Morgan fingerprint density at radius 2 is 1.28 bits per heavy atom. The maximum Gasteiger partial charge on any atom is -0.00489 e. The highest BCUT2D eigenvalue weighted by atomic mass is 14.8. The lowest BCUT2D eigenvalue weighted by Crippen LogP contribution is -2.17. The van der Waals surface area contributed by atoms with Crippen LogP contribution in [0.1, 0.15) is 118 Å². The predicted octanol–water partition coefficient (Wildman–Crippen LogP) is 7.60. The molecule has 0 bridgehead atoms. The van der Waals surface area contributed by atoms with Crippen molar-refractivity contribution in [2.75, 3.05) is 13.1 Å². The van der Waals surface area contributed by atoms with Crippen LogP contribution in [0.2, 0.25) is 0 Å². The van der Waals surface area contributed by atoms with E-state index in [0.29, 0.717) is 0 Å². The van der Waals surface area contributed by atoms with Crippen LogP contribution in [0.3, 0.4) is 0 Å². The van der Waals surface area contributed by atoms with E-state index in [2.05, 4.69) is 33.0 Å². The molecule has 1 fully saturated rings. The number of hydrogen-bond acceptors (Lipinski definition) is 1. The maximum absolute atomic E-state index is 3.66. The Morgan fingerprint density at radius 1 is 0.720 bits per heavy atom. The van der Waals surface area contributed by atoms with E-state index in [1.807, 2.05) is 0 Å². The molecule has 0 spiro atoms. The van der Waals surface area contributed by atoms with Crippen LogP contribution in [0.15, 0.2) is 0 Å². The molecule has 0 aliphatic heterocycles. The SMILES string of the molecule is CCCC(C)C(C)CCCCCCNCCCCC(C)C1CCCC1. The Morgan fingerprint density at radius 3 is 1.96 bits per heavy atom. The molecule has 0 aromatic heterocycles. The normalized spacial score (nSPS) is 19.2. The van der Waals surface area contributed by atoms with Gasteiger partial charge in [0.15, 0.2) is 0 Å². The van der Waals surface area contributed by atoms with Crippen LogP contribution in [0.25, 0.3) is 0 Å². The molecule has 1 saturated carbocycles. The van der Waals surface area contributed by atoms with Gasteiger partial charge >= 0.3 is 0 Å². The topological polar surface area (TPSA) is 12.0 Å². The van der Waals surface area contributed by atoms with Crippen molar-refractivity contribution in [2.24, 2.45) is 23.7 Å². The minimum Gasteiger partial charge on any atom is -0.317 e. The molecule has 0 heterocycles. The van der Waals surface area contributed by atoms with Crippen LogP contribution < -0.4 is 5.32 Å². The van der Waals surface area contributed by atoms with Crippen LogP contribution in [0.4, 0.5) is 0 Å². The number of hydrogen-bond donors (Lipinski definition) is 1. The van der Waals surface area contributed by atoms with Gasteiger partial charge in [0, 0.05) is 0 Å². The van der Waals surface area contributed by atoms with Crippen molar-refractivity contribution in [3.63, 3.8) is 0 Å². The largest absolute Gasteiger partial charge is 0.317 e. The van der Waals surface area contributed by atoms with Crippen molar-refractivity contribution >= 4 is 0 Å². The zero-order valence-corrected chi connectivity index (χ0v) is 18.1. The summed E-state index contributed by atoms with van der Waals surface area (Å²) in [5.41, 5.74) is 0. The average Bonchev–Trinajstić information content (AvgIpc) is 3.14. The fourth-order valence-electron chi connectivity index (χ4n) is 4.70. The zero-order valence-electron chi connectivity index (χ0n) is 18.1. The van der Waals surface area contributed by atoms with Crippen molar-refractivity contribution in [1.82, 2.24) is 5.32 Å². The van der Waals surface area contributed by atoms with E-state index in [1.165, 1.54) is 103 Å². The van der Waals surface area contributed by atoms with E-state index in [-0.39, 0.29) is 0 Å². The molecule has 1 N–H and O–H groups in total. The van der Waals surface area contributed by atoms with Gasteiger partial charge in [0.05, 0.1) is 0 Å². The second-order valence-electron chi connectivity index (χ2n) is 9.21. The molecule has 1 aliphatic rings. The van der Waals surface area contributed by atoms with Crippen molar-refractivity contribution in [3.8, 4) is 0 Å². The highest BCUT2D eigenvalue weighted by Crippen LogP contribution is 2.33. The van der Waals surface area contributed by atoms with Gasteiger partial charge in [-0.2, -0.15) is 0 Å². The van der Waals surface area contributed by atoms with Crippen molar-refractivity contribution in [2.45, 2.75) is 118 Å². The second kappa shape index (κ2) is 15.1. The quantitative estimate of drug-likeness (QED) is 0.282. The smallest absolute Gasteiger partial charge is 0.00489 e. The number of nitrogens with one attached hydrogen (secondary N) is 1. The molecule has 25 heavy (non-hydrogen) atoms. The van der Waals surface area contributed by atoms with Gasteiger partial charge in [0.2, 0.25) is 0 Å². The molecule has 1 heteroatoms. The molecule has 3 atom stereocenters. The lowest BCUT2D eigenvalue weighted by atomic mass is 9.87. The summed E-state index contributed by atoms with van der Waals surface area (Å²) in [6, 6.07) is 0. The third-order valence-corrected chi connectivity index (χ3v) is 6.95. The number of unbranched alkanes of at least 4 members (excludes halogenated alkanes) is 4. The number of rotatable bonds is 16. The Bertz CT molecular complexity index is 282. The summed E-state index contributed by atoms with van der Waals surface area (Å²) in [6.07, 6.45) is 20.1. The summed E-state index contributed by atoms with van der Waals surface area (Å²) in [4.78, 5) is 0. The van der Waals surface area contributed by atoms with E-state index in [4.69, 9.17) is 0 Å². The summed E-state index contributed by atoms with van der Waals surface area (Å²) in [5.74, 6) is 3.87. The van der Waals surface area contributed by atoms with Crippen LogP contribution >= 0.6 is 0 Å². The summed E-state index contributed by atoms with van der Waals surface area (Å²) in [6.45, 7) is 12.2. The van der Waals surface area contributed by atoms with Crippen molar-refractivity contribution in [3.05, 3.63) is 0 Å². The van der Waals surface area contributed by atoms with Crippen LogP contribution in [-0.2, 0) is 0 Å². The molecule has 150 valence electrons. The minimum absolute atomic E-state index is 0.919. The maximum atomic E-state index is 3.66. The second-order valence-corrected chi connectivity index (χ2v) is 9.21. The zero-order chi connectivity index (χ0) is 18.3. The molecule has 1 rings (SSSR count).